The Bertz CT molecular complexity index is 1780. The van der Waals surface area contributed by atoms with Crippen LogP contribution in [-0.4, -0.2) is 74.9 Å². The standard InChI is InChI=1S/C60H92NO8P/c1-6-8-10-12-14-16-18-20-22-24-26-28-30-32-34-36-38-40-42-44-46-48-50-52-59(62)66-56-58(57-68-70(64,65)67-55-54-61(3,4)5)69-60(63)53-51-49-47-45-43-41-39-37-35-33-31-29-27-25-23-21-19-17-15-13-11-9-7-2/h8-11,14-17,20-23,26-29,32-35,38-41,44-47,58H,6-7,12-13,18-19,24-25,30-31,36-37,42-43,48-57H2,1-5H3/p+1/b10-8-,11-9-,16-14-,17-15-,22-20-,23-21-,28-26-,29-27-,34-32-,35-33-,40-38-,41-39-,46-44-,47-45-. The van der Waals surface area contributed by atoms with Crippen molar-refractivity contribution in [3.63, 3.8) is 0 Å². The smallest absolute Gasteiger partial charge is 0.462 e. The molecule has 0 rings (SSSR count). The number of likely N-dealkylation sites (N-methyl/N-ethyl adjacent to an activating group) is 1. The molecular weight excluding hydrogens is 894 g/mol. The quantitative estimate of drug-likeness (QED) is 0.0211. The fourth-order valence-corrected chi connectivity index (χ4v) is 6.55. The molecule has 390 valence electrons. The van der Waals surface area contributed by atoms with E-state index in [1.54, 1.807) is 0 Å². The van der Waals surface area contributed by atoms with E-state index in [2.05, 4.69) is 172 Å². The first-order chi connectivity index (χ1) is 34.0. The van der Waals surface area contributed by atoms with E-state index in [4.69, 9.17) is 18.5 Å². The van der Waals surface area contributed by atoms with Gasteiger partial charge in [-0.1, -0.05) is 184 Å². The number of rotatable bonds is 44. The van der Waals surface area contributed by atoms with E-state index < -0.39 is 32.5 Å². The van der Waals surface area contributed by atoms with Crippen molar-refractivity contribution >= 4 is 19.8 Å². The van der Waals surface area contributed by atoms with Gasteiger partial charge in [-0.3, -0.25) is 18.6 Å². The maximum Gasteiger partial charge on any atom is 0.472 e. The first kappa shape index (κ1) is 65.4. The lowest BCUT2D eigenvalue weighted by molar-refractivity contribution is -0.870. The van der Waals surface area contributed by atoms with Crippen molar-refractivity contribution in [2.45, 2.75) is 148 Å². The number of unbranched alkanes of at least 4 members (excludes halogenated alkanes) is 2. The van der Waals surface area contributed by atoms with Crippen LogP contribution in [-0.2, 0) is 32.7 Å². The van der Waals surface area contributed by atoms with Crippen LogP contribution >= 0.6 is 7.82 Å². The van der Waals surface area contributed by atoms with Gasteiger partial charge in [-0.25, -0.2) is 4.57 Å². The summed E-state index contributed by atoms with van der Waals surface area (Å²) in [5.41, 5.74) is 0. The van der Waals surface area contributed by atoms with Gasteiger partial charge < -0.3 is 18.9 Å². The molecule has 1 N–H and O–H groups in total. The molecule has 0 aromatic heterocycles. The molecule has 2 atom stereocenters. The van der Waals surface area contributed by atoms with Gasteiger partial charge >= 0.3 is 19.8 Å². The Morgan fingerprint density at radius 2 is 0.743 bits per heavy atom. The molecule has 0 bridgehead atoms. The highest BCUT2D eigenvalue weighted by Crippen LogP contribution is 2.43. The van der Waals surface area contributed by atoms with Crippen molar-refractivity contribution in [2.75, 3.05) is 47.5 Å². The molecule has 0 radical (unpaired) electrons. The maximum absolute atomic E-state index is 12.7. The van der Waals surface area contributed by atoms with Gasteiger partial charge in [0.2, 0.25) is 0 Å². The lowest BCUT2D eigenvalue weighted by Gasteiger charge is -2.24. The molecule has 0 heterocycles. The Labute approximate surface area is 426 Å². The molecule has 0 spiro atoms. The summed E-state index contributed by atoms with van der Waals surface area (Å²) in [4.78, 5) is 35.5. The highest BCUT2D eigenvalue weighted by molar-refractivity contribution is 7.47. The van der Waals surface area contributed by atoms with Crippen molar-refractivity contribution in [3.05, 3.63) is 170 Å². The topological polar surface area (TPSA) is 108 Å². The molecule has 0 fully saturated rings. The van der Waals surface area contributed by atoms with Gasteiger partial charge in [0, 0.05) is 12.8 Å². The van der Waals surface area contributed by atoms with Crippen LogP contribution in [0, 0.1) is 0 Å². The highest BCUT2D eigenvalue weighted by atomic mass is 31.2. The first-order valence-corrected chi connectivity index (χ1v) is 27.4. The van der Waals surface area contributed by atoms with Gasteiger partial charge in [-0.05, 0) is 116 Å². The summed E-state index contributed by atoms with van der Waals surface area (Å²) in [5.74, 6) is -0.958. The maximum atomic E-state index is 12.7. The molecular formula is C60H93NO8P+. The number of carbonyl (C=O) groups excluding carboxylic acids is 2. The normalized spacial score (nSPS) is 14.8. The van der Waals surface area contributed by atoms with E-state index in [9.17, 15) is 19.0 Å². The van der Waals surface area contributed by atoms with Gasteiger partial charge in [0.25, 0.3) is 0 Å². The summed E-state index contributed by atoms with van der Waals surface area (Å²) < 4.78 is 34.3. The van der Waals surface area contributed by atoms with E-state index in [0.29, 0.717) is 36.7 Å². The van der Waals surface area contributed by atoms with E-state index in [1.165, 1.54) is 0 Å². The third kappa shape index (κ3) is 52.7. The summed E-state index contributed by atoms with van der Waals surface area (Å²) in [7, 11) is 1.37. The van der Waals surface area contributed by atoms with Crippen LogP contribution in [0.1, 0.15) is 142 Å². The zero-order valence-electron chi connectivity index (χ0n) is 43.9. The summed E-state index contributed by atoms with van der Waals surface area (Å²) in [6.07, 6.45) is 75.7. The predicted molar refractivity (Wildman–Crippen MR) is 297 cm³/mol. The second kappa shape index (κ2) is 49.4. The fourth-order valence-electron chi connectivity index (χ4n) is 5.81. The van der Waals surface area contributed by atoms with Crippen molar-refractivity contribution in [2.24, 2.45) is 0 Å². The van der Waals surface area contributed by atoms with Gasteiger partial charge in [0.05, 0.1) is 27.7 Å². The molecule has 0 saturated carbocycles. The number of quaternary nitrogens is 1. The number of esters is 2. The third-order valence-corrected chi connectivity index (χ3v) is 10.7. The Balaban J connectivity index is 4.52. The molecule has 0 aliphatic carbocycles. The lowest BCUT2D eigenvalue weighted by Crippen LogP contribution is -2.37. The zero-order chi connectivity index (χ0) is 51.3. The zero-order valence-corrected chi connectivity index (χ0v) is 44.8. The SMILES string of the molecule is CC/C=C\C/C=C\C/C=C\C/C=C\C/C=C\C/C=C\C/C=C\CCCC(=O)OCC(COP(=O)(O)OCC[N+](C)(C)C)OC(=O)CCC/C=C\C/C=C\C/C=C\C/C=C\C/C=C\C/C=C\C/C=C\CC. The van der Waals surface area contributed by atoms with Gasteiger partial charge in [0.15, 0.2) is 6.10 Å². The molecule has 70 heavy (non-hydrogen) atoms. The molecule has 10 heteroatoms. The summed E-state index contributed by atoms with van der Waals surface area (Å²) in [6, 6.07) is 0. The minimum absolute atomic E-state index is 0.000164. The number of ether oxygens (including phenoxy) is 2. The third-order valence-electron chi connectivity index (χ3n) is 9.74. The van der Waals surface area contributed by atoms with Crippen molar-refractivity contribution in [1.82, 2.24) is 0 Å². The van der Waals surface area contributed by atoms with E-state index in [-0.39, 0.29) is 26.1 Å². The number of hydrogen-bond donors (Lipinski definition) is 1. The average Bonchev–Trinajstić information content (AvgIpc) is 3.32. The van der Waals surface area contributed by atoms with Crippen LogP contribution < -0.4 is 0 Å². The lowest BCUT2D eigenvalue weighted by atomic mass is 10.2. The van der Waals surface area contributed by atoms with E-state index in [0.717, 1.165) is 89.9 Å². The Morgan fingerprint density at radius 3 is 1.06 bits per heavy atom. The largest absolute Gasteiger partial charge is 0.472 e. The van der Waals surface area contributed by atoms with E-state index >= 15 is 0 Å². The molecule has 0 aliphatic heterocycles. The van der Waals surface area contributed by atoms with Gasteiger partial charge in [-0.15, -0.1) is 0 Å². The minimum atomic E-state index is -4.43. The summed E-state index contributed by atoms with van der Waals surface area (Å²) in [6.45, 7) is 4.02. The fraction of sp³-hybridized carbons (Fsp3) is 0.500. The Kier molecular flexibility index (Phi) is 46.1. The van der Waals surface area contributed by atoms with Crippen molar-refractivity contribution in [1.29, 1.82) is 0 Å². The second-order valence-corrected chi connectivity index (χ2v) is 18.9. The molecule has 2 unspecified atom stereocenters. The van der Waals surface area contributed by atoms with Crippen LogP contribution in [0.5, 0.6) is 0 Å². The Hall–Kier alpha value is -4.63. The van der Waals surface area contributed by atoms with Gasteiger partial charge in [0.1, 0.15) is 19.8 Å². The number of phosphoric acid groups is 1. The minimum Gasteiger partial charge on any atom is -0.462 e. The van der Waals surface area contributed by atoms with Gasteiger partial charge in [-0.2, -0.15) is 0 Å². The number of allylic oxidation sites excluding steroid dienone is 28. The average molecular weight is 987 g/mol. The Morgan fingerprint density at radius 1 is 0.443 bits per heavy atom. The van der Waals surface area contributed by atoms with Crippen molar-refractivity contribution in [3.8, 4) is 0 Å². The molecule has 0 aromatic rings. The summed E-state index contributed by atoms with van der Waals surface area (Å²) in [5, 5.41) is 0. The number of carbonyl (C=O) groups is 2. The molecule has 9 nitrogen and oxygen atoms in total. The van der Waals surface area contributed by atoms with Crippen LogP contribution in [0.3, 0.4) is 0 Å². The monoisotopic (exact) mass is 987 g/mol. The number of phosphoric ester groups is 1. The number of hydrogen-bond acceptors (Lipinski definition) is 7. The molecule has 0 aliphatic rings. The van der Waals surface area contributed by atoms with E-state index in [1.807, 2.05) is 33.3 Å². The molecule has 0 saturated heterocycles. The molecule has 0 amide bonds. The second-order valence-electron chi connectivity index (χ2n) is 17.4. The van der Waals surface area contributed by atoms with Crippen molar-refractivity contribution < 1.29 is 42.1 Å². The van der Waals surface area contributed by atoms with Crippen LogP contribution in [0.4, 0.5) is 0 Å². The number of nitrogens with zero attached hydrogens (tertiary/aromatic N) is 1. The molecule has 0 aromatic carbocycles. The van der Waals surface area contributed by atoms with Crippen LogP contribution in [0.25, 0.3) is 0 Å². The first-order valence-electron chi connectivity index (χ1n) is 25.9. The highest BCUT2D eigenvalue weighted by Gasteiger charge is 2.27. The predicted octanol–water partition coefficient (Wildman–Crippen LogP) is 15.9. The van der Waals surface area contributed by atoms with Crippen LogP contribution in [0.15, 0.2) is 170 Å². The summed E-state index contributed by atoms with van der Waals surface area (Å²) >= 11 is 0. The van der Waals surface area contributed by atoms with Crippen LogP contribution in [0.2, 0.25) is 0 Å².